The number of piperazine rings is 1. The summed E-state index contributed by atoms with van der Waals surface area (Å²) in [6, 6.07) is 6.00. The average molecular weight is 400 g/mol. The molecular weight excluding hydrogens is 366 g/mol. The Hall–Kier alpha value is -2.18. The zero-order valence-electron chi connectivity index (χ0n) is 17.9. The highest BCUT2D eigenvalue weighted by molar-refractivity contribution is 6.35. The van der Waals surface area contributed by atoms with Gasteiger partial charge in [-0.3, -0.25) is 19.4 Å². The molecule has 0 radical (unpaired) electrons. The van der Waals surface area contributed by atoms with Crippen molar-refractivity contribution in [2.75, 3.05) is 45.9 Å². The fraction of sp³-hybridized carbons (Fsp3) is 0.565. The number of hydrogen-bond donors (Lipinski definition) is 1. The van der Waals surface area contributed by atoms with Crippen LogP contribution in [0.1, 0.15) is 42.9 Å². The maximum atomic E-state index is 13.3. The first-order valence-electron chi connectivity index (χ1n) is 10.7. The molecule has 0 aromatic heterocycles. The molecule has 158 valence electrons. The summed E-state index contributed by atoms with van der Waals surface area (Å²) in [7, 11) is 0. The second-order valence-electron chi connectivity index (χ2n) is 8.04. The Morgan fingerprint density at radius 1 is 0.931 bits per heavy atom. The van der Waals surface area contributed by atoms with Crippen molar-refractivity contribution in [3.63, 3.8) is 0 Å². The molecular formula is C23H33N3O3. The Kier molecular flexibility index (Phi) is 7.09. The predicted octanol–water partition coefficient (Wildman–Crippen LogP) is 2.18. The molecule has 1 aromatic carbocycles. The van der Waals surface area contributed by atoms with Gasteiger partial charge in [-0.1, -0.05) is 38.0 Å². The molecule has 29 heavy (non-hydrogen) atoms. The van der Waals surface area contributed by atoms with Gasteiger partial charge in [0.2, 0.25) is 0 Å². The minimum absolute atomic E-state index is 0.138. The SMILES string of the molecule is CCCCCN1C(=O)C(c2ccc(C)c(C)c2)=C(N2CCN(CCO)CC2)C1=O. The van der Waals surface area contributed by atoms with E-state index in [0.29, 0.717) is 37.4 Å². The van der Waals surface area contributed by atoms with Gasteiger partial charge in [0.15, 0.2) is 0 Å². The van der Waals surface area contributed by atoms with Gasteiger partial charge in [0.1, 0.15) is 5.70 Å². The van der Waals surface area contributed by atoms with Crippen LogP contribution in [-0.2, 0) is 9.59 Å². The van der Waals surface area contributed by atoms with Crippen molar-refractivity contribution in [2.45, 2.75) is 40.0 Å². The quantitative estimate of drug-likeness (QED) is 0.536. The summed E-state index contributed by atoms with van der Waals surface area (Å²) in [5.41, 5.74) is 4.22. The normalized spacial score (nSPS) is 18.3. The third-order valence-corrected chi connectivity index (χ3v) is 6.03. The number of amides is 2. The number of hydrogen-bond acceptors (Lipinski definition) is 5. The van der Waals surface area contributed by atoms with Gasteiger partial charge in [-0.2, -0.15) is 0 Å². The van der Waals surface area contributed by atoms with Crippen molar-refractivity contribution in [1.82, 2.24) is 14.7 Å². The lowest BCUT2D eigenvalue weighted by Gasteiger charge is -2.36. The molecule has 0 spiro atoms. The van der Waals surface area contributed by atoms with Crippen LogP contribution in [0, 0.1) is 13.8 Å². The third kappa shape index (κ3) is 4.54. The summed E-state index contributed by atoms with van der Waals surface area (Å²) >= 11 is 0. The zero-order valence-corrected chi connectivity index (χ0v) is 17.9. The van der Waals surface area contributed by atoms with Gasteiger partial charge in [-0.25, -0.2) is 0 Å². The first kappa shape index (κ1) is 21.5. The Balaban J connectivity index is 1.93. The van der Waals surface area contributed by atoms with E-state index in [1.165, 1.54) is 10.5 Å². The molecule has 1 N–H and O–H groups in total. The van der Waals surface area contributed by atoms with E-state index in [2.05, 4.69) is 16.7 Å². The van der Waals surface area contributed by atoms with Gasteiger partial charge in [-0.05, 0) is 37.0 Å². The van der Waals surface area contributed by atoms with Crippen LogP contribution in [0.25, 0.3) is 5.57 Å². The largest absolute Gasteiger partial charge is 0.395 e. The molecule has 2 heterocycles. The first-order valence-corrected chi connectivity index (χ1v) is 10.7. The number of unbranched alkanes of at least 4 members (excludes halogenated alkanes) is 2. The Morgan fingerprint density at radius 2 is 1.66 bits per heavy atom. The van der Waals surface area contributed by atoms with Gasteiger partial charge in [0.05, 0.1) is 12.2 Å². The molecule has 0 aliphatic carbocycles. The minimum atomic E-state index is -0.165. The highest BCUT2D eigenvalue weighted by Crippen LogP contribution is 2.33. The maximum Gasteiger partial charge on any atom is 0.277 e. The van der Waals surface area contributed by atoms with Crippen molar-refractivity contribution >= 4 is 17.4 Å². The lowest BCUT2D eigenvalue weighted by Crippen LogP contribution is -2.48. The Morgan fingerprint density at radius 3 is 2.28 bits per heavy atom. The molecule has 1 saturated heterocycles. The van der Waals surface area contributed by atoms with E-state index in [0.717, 1.165) is 43.5 Å². The number of imide groups is 1. The van der Waals surface area contributed by atoms with Crippen molar-refractivity contribution in [3.05, 3.63) is 40.6 Å². The van der Waals surface area contributed by atoms with Crippen molar-refractivity contribution in [2.24, 2.45) is 0 Å². The average Bonchev–Trinajstić information content (AvgIpc) is 2.96. The van der Waals surface area contributed by atoms with E-state index in [9.17, 15) is 14.7 Å². The van der Waals surface area contributed by atoms with Crippen LogP contribution >= 0.6 is 0 Å². The number of benzene rings is 1. The smallest absolute Gasteiger partial charge is 0.277 e. The summed E-state index contributed by atoms with van der Waals surface area (Å²) < 4.78 is 0. The molecule has 0 saturated carbocycles. The lowest BCUT2D eigenvalue weighted by atomic mass is 9.99. The van der Waals surface area contributed by atoms with Gasteiger partial charge in [0, 0.05) is 39.3 Å². The van der Waals surface area contributed by atoms with E-state index in [1.54, 1.807) is 0 Å². The fourth-order valence-corrected chi connectivity index (χ4v) is 4.07. The number of nitrogens with zero attached hydrogens (tertiary/aromatic N) is 3. The highest BCUT2D eigenvalue weighted by Gasteiger charge is 2.41. The molecule has 1 fully saturated rings. The maximum absolute atomic E-state index is 13.3. The van der Waals surface area contributed by atoms with E-state index in [4.69, 9.17) is 0 Å². The van der Waals surface area contributed by atoms with E-state index in [-0.39, 0.29) is 18.4 Å². The molecule has 6 nitrogen and oxygen atoms in total. The molecule has 0 bridgehead atoms. The van der Waals surface area contributed by atoms with E-state index >= 15 is 0 Å². The first-order chi connectivity index (χ1) is 14.0. The second kappa shape index (κ2) is 9.55. The third-order valence-electron chi connectivity index (χ3n) is 6.03. The fourth-order valence-electron chi connectivity index (χ4n) is 4.07. The number of rotatable bonds is 8. The highest BCUT2D eigenvalue weighted by atomic mass is 16.3. The molecule has 1 aromatic rings. The summed E-state index contributed by atoms with van der Waals surface area (Å²) in [5.74, 6) is -0.322. The topological polar surface area (TPSA) is 64.1 Å². The standard InChI is InChI=1S/C23H33N3O3/c1-4-5-6-9-26-22(28)20(19-8-7-17(2)18(3)16-19)21(23(26)29)25-12-10-24(11-13-25)14-15-27/h7-8,16,27H,4-6,9-15H2,1-3H3. The van der Waals surface area contributed by atoms with Gasteiger partial charge in [-0.15, -0.1) is 0 Å². The van der Waals surface area contributed by atoms with Crippen LogP contribution in [0.15, 0.2) is 23.9 Å². The molecule has 0 atom stereocenters. The molecule has 0 unspecified atom stereocenters. The number of β-amino-alcohol motifs (C(OH)–C–C–N with tert-alkyl or cyclic N) is 1. The van der Waals surface area contributed by atoms with E-state index in [1.807, 2.05) is 32.0 Å². The number of carbonyl (C=O) groups is 2. The van der Waals surface area contributed by atoms with Crippen LogP contribution in [0.4, 0.5) is 0 Å². The second-order valence-corrected chi connectivity index (χ2v) is 8.04. The van der Waals surface area contributed by atoms with Gasteiger partial charge >= 0.3 is 0 Å². The van der Waals surface area contributed by atoms with Gasteiger partial charge < -0.3 is 10.0 Å². The number of carbonyl (C=O) groups excluding carboxylic acids is 2. The number of aliphatic hydroxyl groups is 1. The van der Waals surface area contributed by atoms with Crippen molar-refractivity contribution in [1.29, 1.82) is 0 Å². The molecule has 6 heteroatoms. The zero-order chi connectivity index (χ0) is 21.0. The number of aliphatic hydroxyl groups excluding tert-OH is 1. The Labute approximate surface area is 173 Å². The van der Waals surface area contributed by atoms with Crippen LogP contribution in [0.2, 0.25) is 0 Å². The van der Waals surface area contributed by atoms with Crippen molar-refractivity contribution < 1.29 is 14.7 Å². The summed E-state index contributed by atoms with van der Waals surface area (Å²) in [5, 5.41) is 9.18. The summed E-state index contributed by atoms with van der Waals surface area (Å²) in [4.78, 5) is 32.3. The Bertz CT molecular complexity index is 795. The van der Waals surface area contributed by atoms with E-state index < -0.39 is 0 Å². The van der Waals surface area contributed by atoms with Crippen LogP contribution < -0.4 is 0 Å². The molecule has 2 aliphatic heterocycles. The minimum Gasteiger partial charge on any atom is -0.395 e. The lowest BCUT2D eigenvalue weighted by molar-refractivity contribution is -0.137. The summed E-state index contributed by atoms with van der Waals surface area (Å²) in [6.07, 6.45) is 2.89. The van der Waals surface area contributed by atoms with Crippen molar-refractivity contribution in [3.8, 4) is 0 Å². The summed E-state index contributed by atoms with van der Waals surface area (Å²) in [6.45, 7) is 10.4. The monoisotopic (exact) mass is 399 g/mol. The van der Waals surface area contributed by atoms with Gasteiger partial charge in [0.25, 0.3) is 11.8 Å². The predicted molar refractivity (Wildman–Crippen MR) is 114 cm³/mol. The van der Waals surface area contributed by atoms with Crippen LogP contribution in [0.3, 0.4) is 0 Å². The molecule has 2 amide bonds. The molecule has 3 rings (SSSR count). The number of aryl methyl sites for hydroxylation is 2. The molecule has 2 aliphatic rings. The van der Waals surface area contributed by atoms with Crippen LogP contribution in [0.5, 0.6) is 0 Å². The van der Waals surface area contributed by atoms with Crippen LogP contribution in [-0.4, -0.2) is 77.5 Å².